The Morgan fingerprint density at radius 1 is 1.04 bits per heavy atom. The number of carbonyl (C=O) groups is 1. The molecular formula is C20H20N2O2. The third-order valence-electron chi connectivity index (χ3n) is 4.15. The van der Waals surface area contributed by atoms with Gasteiger partial charge in [0.15, 0.2) is 5.43 Å². The molecule has 122 valence electrons. The highest BCUT2D eigenvalue weighted by atomic mass is 16.2. The molecule has 0 bridgehead atoms. The predicted octanol–water partition coefficient (Wildman–Crippen LogP) is 3.57. The number of anilines is 1. The van der Waals surface area contributed by atoms with E-state index in [1.807, 2.05) is 61.7 Å². The molecule has 0 aliphatic rings. The lowest BCUT2D eigenvalue weighted by atomic mass is 10.1. The summed E-state index contributed by atoms with van der Waals surface area (Å²) < 4.78 is 1.82. The van der Waals surface area contributed by atoms with Crippen molar-refractivity contribution in [1.29, 1.82) is 0 Å². The first-order valence-electron chi connectivity index (χ1n) is 7.91. The molecule has 0 fully saturated rings. The number of para-hydroxylation sites is 1. The molecule has 0 saturated carbocycles. The third-order valence-corrected chi connectivity index (χ3v) is 4.15. The van der Waals surface area contributed by atoms with Gasteiger partial charge in [0.25, 0.3) is 0 Å². The van der Waals surface area contributed by atoms with Crippen molar-refractivity contribution in [3.8, 4) is 0 Å². The molecule has 0 aliphatic heterocycles. The van der Waals surface area contributed by atoms with Crippen LogP contribution in [0, 0.1) is 20.8 Å². The number of aryl methyl sites for hydroxylation is 3. The number of rotatable bonds is 3. The third kappa shape index (κ3) is 3.08. The fraction of sp³-hybridized carbons (Fsp3) is 0.200. The van der Waals surface area contributed by atoms with Crippen molar-refractivity contribution in [2.75, 3.05) is 5.32 Å². The SMILES string of the molecule is Cc1cc(C)c2c(=O)ccn(CC(=O)Nc3ccccc3C)c2c1. The molecule has 0 spiro atoms. The summed E-state index contributed by atoms with van der Waals surface area (Å²) in [5.74, 6) is -0.117. The second-order valence-corrected chi connectivity index (χ2v) is 6.15. The fourth-order valence-corrected chi connectivity index (χ4v) is 3.01. The van der Waals surface area contributed by atoms with Gasteiger partial charge in [-0.15, -0.1) is 0 Å². The van der Waals surface area contributed by atoms with Gasteiger partial charge in [0.2, 0.25) is 5.91 Å². The normalized spacial score (nSPS) is 10.8. The van der Waals surface area contributed by atoms with Gasteiger partial charge >= 0.3 is 0 Å². The molecule has 0 saturated heterocycles. The van der Waals surface area contributed by atoms with Crippen LogP contribution in [0.1, 0.15) is 16.7 Å². The van der Waals surface area contributed by atoms with Crippen molar-refractivity contribution in [2.45, 2.75) is 27.3 Å². The van der Waals surface area contributed by atoms with E-state index in [2.05, 4.69) is 5.32 Å². The van der Waals surface area contributed by atoms with Gasteiger partial charge in [-0.2, -0.15) is 0 Å². The zero-order chi connectivity index (χ0) is 17.3. The minimum absolute atomic E-state index is 0.0157. The number of pyridine rings is 1. The van der Waals surface area contributed by atoms with Crippen LogP contribution in [-0.2, 0) is 11.3 Å². The molecule has 0 aliphatic carbocycles. The highest BCUT2D eigenvalue weighted by Gasteiger charge is 2.10. The van der Waals surface area contributed by atoms with Gasteiger partial charge in [-0.1, -0.05) is 24.3 Å². The summed E-state index contributed by atoms with van der Waals surface area (Å²) in [6.45, 7) is 6.03. The number of hydrogen-bond acceptors (Lipinski definition) is 2. The number of nitrogens with zero attached hydrogens (tertiary/aromatic N) is 1. The number of aromatic nitrogens is 1. The van der Waals surface area contributed by atoms with Crippen LogP contribution < -0.4 is 10.7 Å². The number of benzene rings is 2. The molecule has 24 heavy (non-hydrogen) atoms. The van der Waals surface area contributed by atoms with Crippen LogP contribution in [-0.4, -0.2) is 10.5 Å². The predicted molar refractivity (Wildman–Crippen MR) is 97.5 cm³/mol. The number of nitrogens with one attached hydrogen (secondary N) is 1. The first-order valence-corrected chi connectivity index (χ1v) is 7.91. The summed E-state index contributed by atoms with van der Waals surface area (Å²) in [5.41, 5.74) is 4.60. The van der Waals surface area contributed by atoms with Crippen LogP contribution >= 0.6 is 0 Å². The molecule has 2 aromatic carbocycles. The minimum atomic E-state index is -0.117. The van der Waals surface area contributed by atoms with Crippen molar-refractivity contribution >= 4 is 22.5 Å². The average Bonchev–Trinajstić information content (AvgIpc) is 2.52. The quantitative estimate of drug-likeness (QED) is 0.802. The van der Waals surface area contributed by atoms with E-state index in [0.717, 1.165) is 27.9 Å². The maximum Gasteiger partial charge on any atom is 0.244 e. The van der Waals surface area contributed by atoms with Gasteiger partial charge in [-0.25, -0.2) is 0 Å². The number of amides is 1. The molecule has 0 atom stereocenters. The van der Waals surface area contributed by atoms with E-state index < -0.39 is 0 Å². The van der Waals surface area contributed by atoms with Gasteiger partial charge < -0.3 is 9.88 Å². The molecule has 4 heteroatoms. The zero-order valence-corrected chi connectivity index (χ0v) is 14.1. The van der Waals surface area contributed by atoms with Gasteiger partial charge in [-0.05, 0) is 49.6 Å². The maximum atomic E-state index is 12.4. The molecule has 1 aromatic heterocycles. The number of hydrogen-bond donors (Lipinski definition) is 1. The van der Waals surface area contributed by atoms with Crippen molar-refractivity contribution in [3.05, 3.63) is 75.6 Å². The van der Waals surface area contributed by atoms with Crippen molar-refractivity contribution < 1.29 is 4.79 Å². The Kier molecular flexibility index (Phi) is 4.21. The molecule has 0 unspecified atom stereocenters. The molecule has 1 heterocycles. The van der Waals surface area contributed by atoms with Gasteiger partial charge in [0, 0.05) is 23.3 Å². The standard InChI is InChI=1S/C20H20N2O2/c1-13-10-15(3)20-17(11-13)22(9-8-18(20)23)12-19(24)21-16-7-5-4-6-14(16)2/h4-11H,12H2,1-3H3,(H,21,24). The van der Waals surface area contributed by atoms with Crippen LogP contribution in [0.2, 0.25) is 0 Å². The van der Waals surface area contributed by atoms with Crippen LogP contribution in [0.15, 0.2) is 53.5 Å². The van der Waals surface area contributed by atoms with Gasteiger partial charge in [0.05, 0.1) is 5.52 Å². The molecule has 3 rings (SSSR count). The smallest absolute Gasteiger partial charge is 0.244 e. The summed E-state index contributed by atoms with van der Waals surface area (Å²) in [7, 11) is 0. The first-order chi connectivity index (χ1) is 11.5. The van der Waals surface area contributed by atoms with E-state index >= 15 is 0 Å². The molecule has 1 N–H and O–H groups in total. The second-order valence-electron chi connectivity index (χ2n) is 6.15. The lowest BCUT2D eigenvalue weighted by Gasteiger charge is -2.14. The Labute approximate surface area is 140 Å². The molecular weight excluding hydrogens is 300 g/mol. The Hall–Kier alpha value is -2.88. The van der Waals surface area contributed by atoms with Crippen molar-refractivity contribution in [1.82, 2.24) is 4.57 Å². The molecule has 1 amide bonds. The summed E-state index contributed by atoms with van der Waals surface area (Å²) in [4.78, 5) is 24.6. The summed E-state index contributed by atoms with van der Waals surface area (Å²) >= 11 is 0. The lowest BCUT2D eigenvalue weighted by molar-refractivity contribution is -0.116. The fourth-order valence-electron chi connectivity index (χ4n) is 3.01. The minimum Gasteiger partial charge on any atom is -0.338 e. The Morgan fingerprint density at radius 3 is 2.54 bits per heavy atom. The Balaban J connectivity index is 1.96. The second kappa shape index (κ2) is 6.32. The monoisotopic (exact) mass is 320 g/mol. The maximum absolute atomic E-state index is 12.4. The molecule has 0 radical (unpaired) electrons. The summed E-state index contributed by atoms with van der Waals surface area (Å²) in [6.07, 6.45) is 1.68. The number of fused-ring (bicyclic) bond motifs is 1. The van der Waals surface area contributed by atoms with E-state index in [1.165, 1.54) is 6.07 Å². The average molecular weight is 320 g/mol. The Morgan fingerprint density at radius 2 is 1.79 bits per heavy atom. The van der Waals surface area contributed by atoms with Crippen molar-refractivity contribution in [2.24, 2.45) is 0 Å². The highest BCUT2D eigenvalue weighted by molar-refractivity contribution is 5.92. The highest BCUT2D eigenvalue weighted by Crippen LogP contribution is 2.18. The Bertz CT molecular complexity index is 987. The number of carbonyl (C=O) groups excluding carboxylic acids is 1. The summed E-state index contributed by atoms with van der Waals surface area (Å²) in [5, 5.41) is 3.60. The summed E-state index contributed by atoms with van der Waals surface area (Å²) in [6, 6.07) is 13.1. The van der Waals surface area contributed by atoms with E-state index in [1.54, 1.807) is 6.20 Å². The topological polar surface area (TPSA) is 51.1 Å². The lowest BCUT2D eigenvalue weighted by Crippen LogP contribution is -2.21. The van der Waals surface area contributed by atoms with E-state index in [-0.39, 0.29) is 17.9 Å². The van der Waals surface area contributed by atoms with E-state index in [0.29, 0.717) is 5.39 Å². The first kappa shape index (κ1) is 16.0. The van der Waals surface area contributed by atoms with Crippen LogP contribution in [0.25, 0.3) is 10.9 Å². The van der Waals surface area contributed by atoms with Crippen LogP contribution in [0.3, 0.4) is 0 Å². The molecule has 3 aromatic rings. The van der Waals surface area contributed by atoms with Crippen LogP contribution in [0.4, 0.5) is 5.69 Å². The molecule has 4 nitrogen and oxygen atoms in total. The van der Waals surface area contributed by atoms with Crippen LogP contribution in [0.5, 0.6) is 0 Å². The van der Waals surface area contributed by atoms with Crippen molar-refractivity contribution in [3.63, 3.8) is 0 Å². The largest absolute Gasteiger partial charge is 0.338 e. The van der Waals surface area contributed by atoms with Gasteiger partial charge in [0.1, 0.15) is 6.54 Å². The van der Waals surface area contributed by atoms with E-state index in [4.69, 9.17) is 0 Å². The van der Waals surface area contributed by atoms with E-state index in [9.17, 15) is 9.59 Å². The van der Waals surface area contributed by atoms with Gasteiger partial charge in [-0.3, -0.25) is 9.59 Å². The zero-order valence-electron chi connectivity index (χ0n) is 14.1.